The highest BCUT2D eigenvalue weighted by Crippen LogP contribution is 2.20. The summed E-state index contributed by atoms with van der Waals surface area (Å²) in [7, 11) is 1.37. The van der Waals surface area contributed by atoms with Gasteiger partial charge >= 0.3 is 5.97 Å². The van der Waals surface area contributed by atoms with Crippen LogP contribution in [0.4, 0.5) is 0 Å². The van der Waals surface area contributed by atoms with Crippen molar-refractivity contribution < 1.29 is 19.1 Å². The number of allylic oxidation sites excluding steroid dienone is 3. The van der Waals surface area contributed by atoms with Crippen LogP contribution >= 0.6 is 12.6 Å². The molecule has 1 aliphatic carbocycles. The highest BCUT2D eigenvalue weighted by atomic mass is 32.1. The quantitative estimate of drug-likeness (QED) is 0.449. The third kappa shape index (κ3) is 5.58. The molecule has 0 aliphatic heterocycles. The van der Waals surface area contributed by atoms with E-state index in [4.69, 9.17) is 4.74 Å². The Morgan fingerprint density at radius 3 is 2.82 bits per heavy atom. The van der Waals surface area contributed by atoms with Gasteiger partial charge in [0.25, 0.3) is 0 Å². The summed E-state index contributed by atoms with van der Waals surface area (Å²) in [4.78, 5) is 22.7. The number of hydrogen-bond acceptors (Lipinski definition) is 5. The van der Waals surface area contributed by atoms with Crippen LogP contribution in [0.2, 0.25) is 0 Å². The van der Waals surface area contributed by atoms with Crippen molar-refractivity contribution in [1.29, 1.82) is 0 Å². The molecule has 0 amide bonds. The Bertz CT molecular complexity index is 358. The maximum Gasteiger partial charge on any atom is 0.305 e. The first-order chi connectivity index (χ1) is 8.11. The van der Waals surface area contributed by atoms with E-state index in [0.29, 0.717) is 30.1 Å². The molecule has 0 saturated carbocycles. The number of carbonyl (C=O) groups is 2. The van der Waals surface area contributed by atoms with Gasteiger partial charge in [0.2, 0.25) is 0 Å². The van der Waals surface area contributed by atoms with Gasteiger partial charge in [-0.25, -0.2) is 0 Å². The number of esters is 1. The van der Waals surface area contributed by atoms with Crippen LogP contribution < -0.4 is 0 Å². The van der Waals surface area contributed by atoms with Crippen molar-refractivity contribution in [3.8, 4) is 0 Å². The van der Waals surface area contributed by atoms with E-state index in [1.165, 1.54) is 19.3 Å². The summed E-state index contributed by atoms with van der Waals surface area (Å²) in [5, 5.41) is 0. The van der Waals surface area contributed by atoms with E-state index >= 15 is 0 Å². The molecule has 0 radical (unpaired) electrons. The molecule has 0 atom stereocenters. The molecule has 0 aromatic heterocycles. The van der Waals surface area contributed by atoms with Crippen LogP contribution in [-0.4, -0.2) is 25.5 Å². The molecule has 0 N–H and O–H groups in total. The number of thiol groups is 1. The highest BCUT2D eigenvalue weighted by Gasteiger charge is 2.10. The summed E-state index contributed by atoms with van der Waals surface area (Å²) in [6.45, 7) is 0.497. The van der Waals surface area contributed by atoms with Crippen LogP contribution in [0.5, 0.6) is 0 Å². The van der Waals surface area contributed by atoms with Crippen molar-refractivity contribution in [2.24, 2.45) is 0 Å². The molecule has 0 unspecified atom stereocenters. The van der Waals surface area contributed by atoms with E-state index in [1.54, 1.807) is 0 Å². The van der Waals surface area contributed by atoms with Crippen molar-refractivity contribution in [3.05, 3.63) is 22.8 Å². The van der Waals surface area contributed by atoms with Gasteiger partial charge in [0.05, 0.1) is 13.7 Å². The fourth-order valence-electron chi connectivity index (χ4n) is 1.41. The fourth-order valence-corrected chi connectivity index (χ4v) is 1.70. The number of methoxy groups -OCH3 is 1. The number of unbranched alkanes of at least 4 members (excludes halogenated alkanes) is 1. The van der Waals surface area contributed by atoms with E-state index in [-0.39, 0.29) is 11.8 Å². The molecule has 0 aromatic rings. The maximum atomic E-state index is 11.2. The molecule has 0 bridgehead atoms. The number of carbonyl (C=O) groups excluding carboxylic acids is 2. The summed E-state index contributed by atoms with van der Waals surface area (Å²) in [5.41, 5.74) is 0. The van der Waals surface area contributed by atoms with Crippen LogP contribution in [0, 0.1) is 0 Å². The maximum absolute atomic E-state index is 11.2. The second-order valence-electron chi connectivity index (χ2n) is 3.71. The molecule has 1 aliphatic rings. The molecular formula is C12H16O4S. The first-order valence-corrected chi connectivity index (χ1v) is 5.90. The van der Waals surface area contributed by atoms with Crippen LogP contribution in [0.1, 0.15) is 25.7 Å². The standard InChI is InChI=1S/C12H16O4S/c1-15-12(14)4-2-3-5-16-10-6-9(13)7-11(17)8-10/h6-7,17H,2-5,8H2,1H3. The molecule has 5 heteroatoms. The first kappa shape index (κ1) is 13.8. The van der Waals surface area contributed by atoms with Gasteiger partial charge < -0.3 is 9.47 Å². The lowest BCUT2D eigenvalue weighted by Gasteiger charge is -2.12. The second-order valence-corrected chi connectivity index (χ2v) is 4.28. The van der Waals surface area contributed by atoms with Gasteiger partial charge in [-0.05, 0) is 23.8 Å². The average Bonchev–Trinajstić information content (AvgIpc) is 2.27. The Kier molecular flexibility index (Phi) is 5.83. The van der Waals surface area contributed by atoms with Crippen LogP contribution in [-0.2, 0) is 19.1 Å². The minimum Gasteiger partial charge on any atom is -0.497 e. The SMILES string of the molecule is COC(=O)CCCCOC1=CC(=O)C=C(S)C1. The zero-order chi connectivity index (χ0) is 12.7. The third-order valence-electron chi connectivity index (χ3n) is 2.26. The van der Waals surface area contributed by atoms with Crippen LogP contribution in [0.15, 0.2) is 22.8 Å². The van der Waals surface area contributed by atoms with Gasteiger partial charge in [-0.3, -0.25) is 9.59 Å². The second kappa shape index (κ2) is 7.17. The summed E-state index contributed by atoms with van der Waals surface area (Å²) < 4.78 is 9.96. The lowest BCUT2D eigenvalue weighted by molar-refractivity contribution is -0.140. The number of ketones is 1. The molecule has 0 heterocycles. The Balaban J connectivity index is 2.15. The normalized spacial score (nSPS) is 15.1. The van der Waals surface area contributed by atoms with Crippen molar-refractivity contribution in [3.63, 3.8) is 0 Å². The monoisotopic (exact) mass is 256 g/mol. The molecule has 0 saturated heterocycles. The molecule has 94 valence electrons. The topological polar surface area (TPSA) is 52.6 Å². The molecule has 17 heavy (non-hydrogen) atoms. The van der Waals surface area contributed by atoms with E-state index in [2.05, 4.69) is 17.4 Å². The highest BCUT2D eigenvalue weighted by molar-refractivity contribution is 7.84. The predicted molar refractivity (Wildman–Crippen MR) is 66.6 cm³/mol. The lowest BCUT2D eigenvalue weighted by atomic mass is 10.1. The summed E-state index contributed by atoms with van der Waals surface area (Å²) in [6.07, 6.45) is 5.39. The molecule has 0 aromatic carbocycles. The molecule has 1 rings (SSSR count). The largest absolute Gasteiger partial charge is 0.497 e. The lowest BCUT2D eigenvalue weighted by Crippen LogP contribution is -2.05. The zero-order valence-corrected chi connectivity index (χ0v) is 10.7. The minimum absolute atomic E-state index is 0.0918. The Morgan fingerprint density at radius 2 is 2.18 bits per heavy atom. The number of ether oxygens (including phenoxy) is 2. The molecular weight excluding hydrogens is 240 g/mol. The van der Waals surface area contributed by atoms with Gasteiger partial charge in [-0.2, -0.15) is 0 Å². The van der Waals surface area contributed by atoms with Crippen molar-refractivity contribution in [1.82, 2.24) is 0 Å². The Morgan fingerprint density at radius 1 is 1.41 bits per heavy atom. The van der Waals surface area contributed by atoms with Crippen molar-refractivity contribution in [2.75, 3.05) is 13.7 Å². The van der Waals surface area contributed by atoms with Gasteiger partial charge in [-0.15, -0.1) is 12.6 Å². The zero-order valence-electron chi connectivity index (χ0n) is 9.77. The number of hydrogen-bond donors (Lipinski definition) is 1. The van der Waals surface area contributed by atoms with Gasteiger partial charge in [0.15, 0.2) is 5.78 Å². The van der Waals surface area contributed by atoms with E-state index in [1.807, 2.05) is 0 Å². The summed E-state index contributed by atoms with van der Waals surface area (Å²) >= 11 is 4.14. The van der Waals surface area contributed by atoms with Crippen LogP contribution in [0.3, 0.4) is 0 Å². The van der Waals surface area contributed by atoms with Crippen LogP contribution in [0.25, 0.3) is 0 Å². The summed E-state index contributed by atoms with van der Waals surface area (Å²) in [5.74, 6) is 0.337. The fraction of sp³-hybridized carbons (Fsp3) is 0.500. The van der Waals surface area contributed by atoms with Crippen molar-refractivity contribution in [2.45, 2.75) is 25.7 Å². The van der Waals surface area contributed by atoms with Gasteiger partial charge in [0.1, 0.15) is 5.76 Å². The van der Waals surface area contributed by atoms with E-state index in [9.17, 15) is 9.59 Å². The predicted octanol–water partition coefficient (Wildman–Crippen LogP) is 2.02. The number of rotatable bonds is 6. The third-order valence-corrected chi connectivity index (χ3v) is 2.55. The summed E-state index contributed by atoms with van der Waals surface area (Å²) in [6, 6.07) is 0. The average molecular weight is 256 g/mol. The molecule has 0 fully saturated rings. The smallest absolute Gasteiger partial charge is 0.305 e. The Labute approximate surface area is 106 Å². The van der Waals surface area contributed by atoms with E-state index in [0.717, 1.165) is 12.8 Å². The molecule has 0 spiro atoms. The minimum atomic E-state index is -0.211. The first-order valence-electron chi connectivity index (χ1n) is 5.45. The van der Waals surface area contributed by atoms with Crippen molar-refractivity contribution >= 4 is 24.4 Å². The molecule has 4 nitrogen and oxygen atoms in total. The van der Waals surface area contributed by atoms with E-state index < -0.39 is 0 Å². The van der Waals surface area contributed by atoms with Gasteiger partial charge in [0, 0.05) is 18.9 Å². The Hall–Kier alpha value is -1.23. The van der Waals surface area contributed by atoms with Gasteiger partial charge in [-0.1, -0.05) is 0 Å².